The van der Waals surface area contributed by atoms with E-state index in [1.807, 2.05) is 30.6 Å². The summed E-state index contributed by atoms with van der Waals surface area (Å²) in [4.78, 5) is 12.7. The van der Waals surface area contributed by atoms with E-state index in [4.69, 9.17) is 5.73 Å². The minimum absolute atomic E-state index is 0.119. The molecule has 2 aromatic heterocycles. The number of rotatable bonds is 6. The average molecular weight is 278 g/mol. The molecule has 0 aromatic carbocycles. The number of aryl methyl sites for hydroxylation is 2. The molecule has 1 atom stereocenters. The minimum Gasteiger partial charge on any atom is -0.354 e. The smallest absolute Gasteiger partial charge is 0.242 e. The first-order valence-electron chi connectivity index (χ1n) is 6.24. The van der Waals surface area contributed by atoms with E-state index >= 15 is 0 Å². The molecular formula is C13H18N4OS. The van der Waals surface area contributed by atoms with Gasteiger partial charge in [-0.25, -0.2) is 0 Å². The molecule has 0 spiro atoms. The molecule has 4 N–H and O–H groups in total. The monoisotopic (exact) mass is 278 g/mol. The summed E-state index contributed by atoms with van der Waals surface area (Å²) in [7, 11) is 0. The highest BCUT2D eigenvalue weighted by molar-refractivity contribution is 7.10. The fourth-order valence-electron chi connectivity index (χ4n) is 1.83. The van der Waals surface area contributed by atoms with E-state index in [0.717, 1.165) is 23.4 Å². The van der Waals surface area contributed by atoms with Gasteiger partial charge in [-0.05, 0) is 36.8 Å². The molecule has 5 nitrogen and oxygen atoms in total. The van der Waals surface area contributed by atoms with Crippen LogP contribution in [0.4, 0.5) is 0 Å². The third-order valence-electron chi connectivity index (χ3n) is 2.99. The van der Waals surface area contributed by atoms with Crippen LogP contribution in [0.2, 0.25) is 0 Å². The zero-order chi connectivity index (χ0) is 13.7. The van der Waals surface area contributed by atoms with Crippen molar-refractivity contribution in [3.8, 4) is 0 Å². The number of H-pyrrole nitrogens is 1. The van der Waals surface area contributed by atoms with Gasteiger partial charge >= 0.3 is 0 Å². The highest BCUT2D eigenvalue weighted by atomic mass is 32.1. The fraction of sp³-hybridized carbons (Fsp3) is 0.385. The summed E-state index contributed by atoms with van der Waals surface area (Å²) < 4.78 is 0. The Morgan fingerprint density at radius 1 is 1.63 bits per heavy atom. The number of nitrogens with zero attached hydrogens (tertiary/aromatic N) is 1. The maximum Gasteiger partial charge on any atom is 0.242 e. The maximum absolute atomic E-state index is 11.8. The van der Waals surface area contributed by atoms with Crippen LogP contribution in [0.1, 0.15) is 28.6 Å². The third-order valence-corrected chi connectivity index (χ3v) is 3.94. The highest BCUT2D eigenvalue weighted by Crippen LogP contribution is 2.16. The molecule has 1 amide bonds. The van der Waals surface area contributed by atoms with Gasteiger partial charge in [0.2, 0.25) is 5.91 Å². The predicted molar refractivity (Wildman–Crippen MR) is 75.9 cm³/mol. The lowest BCUT2D eigenvalue weighted by molar-refractivity contribution is -0.122. The van der Waals surface area contributed by atoms with Gasteiger partial charge in [0.15, 0.2) is 0 Å². The molecule has 0 radical (unpaired) electrons. The lowest BCUT2D eigenvalue weighted by atomic mass is 10.1. The third kappa shape index (κ3) is 3.65. The molecule has 0 fully saturated rings. The van der Waals surface area contributed by atoms with Gasteiger partial charge in [-0.1, -0.05) is 6.07 Å². The lowest BCUT2D eigenvalue weighted by Gasteiger charge is -2.10. The molecule has 0 saturated heterocycles. The Morgan fingerprint density at radius 2 is 2.47 bits per heavy atom. The Hall–Kier alpha value is -1.66. The van der Waals surface area contributed by atoms with Gasteiger partial charge in [-0.2, -0.15) is 5.10 Å². The van der Waals surface area contributed by atoms with Crippen LogP contribution in [0, 0.1) is 6.92 Å². The van der Waals surface area contributed by atoms with Crippen molar-refractivity contribution < 1.29 is 4.79 Å². The van der Waals surface area contributed by atoms with E-state index in [1.165, 1.54) is 16.9 Å². The van der Waals surface area contributed by atoms with Crippen LogP contribution in [0.25, 0.3) is 0 Å². The van der Waals surface area contributed by atoms with Gasteiger partial charge < -0.3 is 11.1 Å². The number of aromatic nitrogens is 2. The SMILES string of the molecule is Cc1[nH]ncc1CCCNC(=O)C(N)c1cccs1. The number of amides is 1. The quantitative estimate of drug-likeness (QED) is 0.701. The number of hydrogen-bond donors (Lipinski definition) is 3. The van der Waals surface area contributed by atoms with Crippen molar-refractivity contribution in [2.24, 2.45) is 5.73 Å². The molecule has 0 aliphatic rings. The topological polar surface area (TPSA) is 83.8 Å². The lowest BCUT2D eigenvalue weighted by Crippen LogP contribution is -2.34. The van der Waals surface area contributed by atoms with E-state index in [0.29, 0.717) is 6.54 Å². The van der Waals surface area contributed by atoms with Crippen molar-refractivity contribution >= 4 is 17.2 Å². The molecule has 0 bridgehead atoms. The largest absolute Gasteiger partial charge is 0.354 e. The predicted octanol–water partition coefficient (Wildman–Crippen LogP) is 1.53. The maximum atomic E-state index is 11.8. The van der Waals surface area contributed by atoms with Gasteiger partial charge in [0.1, 0.15) is 6.04 Å². The molecule has 6 heteroatoms. The van der Waals surface area contributed by atoms with Gasteiger partial charge in [0.05, 0.1) is 6.20 Å². The number of aromatic amines is 1. The second kappa shape index (κ2) is 6.49. The summed E-state index contributed by atoms with van der Waals surface area (Å²) in [5, 5.41) is 11.7. The Kier molecular flexibility index (Phi) is 4.70. The zero-order valence-corrected chi connectivity index (χ0v) is 11.7. The number of nitrogens with two attached hydrogens (primary N) is 1. The Morgan fingerprint density at radius 3 is 3.11 bits per heavy atom. The number of thiophene rings is 1. The van der Waals surface area contributed by atoms with Crippen molar-refractivity contribution in [3.63, 3.8) is 0 Å². The Balaban J connectivity index is 1.71. The molecule has 102 valence electrons. The number of nitrogens with one attached hydrogen (secondary N) is 2. The van der Waals surface area contributed by atoms with E-state index < -0.39 is 6.04 Å². The first-order valence-corrected chi connectivity index (χ1v) is 7.12. The zero-order valence-electron chi connectivity index (χ0n) is 10.8. The van der Waals surface area contributed by atoms with Crippen molar-refractivity contribution in [1.82, 2.24) is 15.5 Å². The van der Waals surface area contributed by atoms with Crippen LogP contribution >= 0.6 is 11.3 Å². The highest BCUT2D eigenvalue weighted by Gasteiger charge is 2.15. The number of carbonyl (C=O) groups is 1. The first-order chi connectivity index (χ1) is 9.18. The standard InChI is InChI=1S/C13H18N4OS/c1-9-10(8-16-17-9)4-2-6-15-13(18)12(14)11-5-3-7-19-11/h3,5,7-8,12H,2,4,6,14H2,1H3,(H,15,18)(H,16,17). The summed E-state index contributed by atoms with van der Waals surface area (Å²) in [6, 6.07) is 3.22. The van der Waals surface area contributed by atoms with Crippen molar-refractivity contribution in [2.45, 2.75) is 25.8 Å². The molecule has 19 heavy (non-hydrogen) atoms. The van der Waals surface area contributed by atoms with Crippen molar-refractivity contribution in [2.75, 3.05) is 6.54 Å². The Bertz CT molecular complexity index is 520. The molecular weight excluding hydrogens is 260 g/mol. The van der Waals surface area contributed by atoms with Crippen LogP contribution in [0.5, 0.6) is 0 Å². The van der Waals surface area contributed by atoms with Crippen molar-refractivity contribution in [3.05, 3.63) is 39.8 Å². The normalized spacial score (nSPS) is 12.3. The summed E-state index contributed by atoms with van der Waals surface area (Å²) >= 11 is 1.50. The van der Waals surface area contributed by atoms with E-state index in [1.54, 1.807) is 0 Å². The molecule has 1 unspecified atom stereocenters. The fourth-order valence-corrected chi connectivity index (χ4v) is 2.55. The van der Waals surface area contributed by atoms with Crippen LogP contribution < -0.4 is 11.1 Å². The van der Waals surface area contributed by atoms with Crippen molar-refractivity contribution in [1.29, 1.82) is 0 Å². The van der Waals surface area contributed by atoms with Crippen LogP contribution in [-0.2, 0) is 11.2 Å². The molecule has 2 heterocycles. The van der Waals surface area contributed by atoms with Crippen LogP contribution in [0.15, 0.2) is 23.7 Å². The van der Waals surface area contributed by atoms with Crippen LogP contribution in [-0.4, -0.2) is 22.6 Å². The van der Waals surface area contributed by atoms with Gasteiger partial charge in [0.25, 0.3) is 0 Å². The number of carbonyl (C=O) groups excluding carboxylic acids is 1. The van der Waals surface area contributed by atoms with Gasteiger partial charge in [0, 0.05) is 17.1 Å². The molecule has 0 aliphatic heterocycles. The van der Waals surface area contributed by atoms with Gasteiger partial charge in [-0.15, -0.1) is 11.3 Å². The second-order valence-electron chi connectivity index (χ2n) is 4.41. The summed E-state index contributed by atoms with van der Waals surface area (Å²) in [6.45, 7) is 2.62. The first kappa shape index (κ1) is 13.8. The summed E-state index contributed by atoms with van der Waals surface area (Å²) in [6.07, 6.45) is 3.61. The van der Waals surface area contributed by atoms with Gasteiger partial charge in [-0.3, -0.25) is 9.89 Å². The summed E-state index contributed by atoms with van der Waals surface area (Å²) in [5.41, 5.74) is 8.14. The number of hydrogen-bond acceptors (Lipinski definition) is 4. The molecule has 0 aliphatic carbocycles. The Labute approximate surface area is 116 Å². The average Bonchev–Trinajstić information content (AvgIpc) is 3.05. The minimum atomic E-state index is -0.560. The van der Waals surface area contributed by atoms with Crippen LogP contribution in [0.3, 0.4) is 0 Å². The summed E-state index contributed by atoms with van der Waals surface area (Å²) in [5.74, 6) is -0.119. The van der Waals surface area contributed by atoms with E-state index in [2.05, 4.69) is 15.5 Å². The molecule has 0 saturated carbocycles. The second-order valence-corrected chi connectivity index (χ2v) is 5.39. The van der Waals surface area contributed by atoms with E-state index in [-0.39, 0.29) is 5.91 Å². The molecule has 2 aromatic rings. The molecule has 2 rings (SSSR count). The van der Waals surface area contributed by atoms with E-state index in [9.17, 15) is 4.79 Å².